The number of carbonyl (C=O) groups excluding carboxylic acids is 1. The van der Waals surface area contributed by atoms with Crippen LogP contribution in [0.15, 0.2) is 27.8 Å². The number of nitrogens with zero attached hydrogens (tertiary/aromatic N) is 3. The molecule has 0 bridgehead atoms. The number of rotatable bonds is 5. The van der Waals surface area contributed by atoms with Crippen LogP contribution >= 0.6 is 23.4 Å². The fourth-order valence-corrected chi connectivity index (χ4v) is 3.66. The monoisotopic (exact) mass is 428 g/mol. The predicted octanol–water partition coefficient (Wildman–Crippen LogP) is 2.33. The van der Waals surface area contributed by atoms with Crippen LogP contribution in [0.2, 0.25) is 5.02 Å². The van der Waals surface area contributed by atoms with E-state index in [1.165, 1.54) is 28.8 Å². The third-order valence-electron chi connectivity index (χ3n) is 3.27. The van der Waals surface area contributed by atoms with Crippen molar-refractivity contribution >= 4 is 62.0 Å². The number of carbonyl (C=O) groups is 1. The standard InChI is InChI=1S/C15H13ClN4O5S2/c1-3-24-11-6-8(5-10(16)12(11)25-27(2,22)23)4-9-13(17)20-15(19-14(9)21)26-7-18-20/h4-7,17H,3H2,1-2H3. The molecule has 9 nitrogen and oxygen atoms in total. The molecule has 0 atom stereocenters. The van der Waals surface area contributed by atoms with Gasteiger partial charge in [-0.25, -0.2) is 0 Å². The molecule has 0 saturated heterocycles. The minimum absolute atomic E-state index is 0.00805. The smallest absolute Gasteiger partial charge is 0.306 e. The summed E-state index contributed by atoms with van der Waals surface area (Å²) < 4.78 is 33.2. The Kier molecular flexibility index (Phi) is 5.27. The number of nitrogens with one attached hydrogen (secondary N) is 1. The summed E-state index contributed by atoms with van der Waals surface area (Å²) in [6, 6.07) is 2.87. The molecule has 0 aromatic heterocycles. The molecule has 0 radical (unpaired) electrons. The van der Waals surface area contributed by atoms with Crippen LogP contribution in [0.4, 0.5) is 0 Å². The van der Waals surface area contributed by atoms with Gasteiger partial charge in [-0.15, -0.1) is 0 Å². The van der Waals surface area contributed by atoms with Gasteiger partial charge in [-0.3, -0.25) is 10.2 Å². The molecule has 0 fully saturated rings. The average Bonchev–Trinajstić information content (AvgIpc) is 3.02. The van der Waals surface area contributed by atoms with E-state index in [4.69, 9.17) is 25.9 Å². The first kappa shape index (κ1) is 19.4. The second kappa shape index (κ2) is 7.33. The van der Waals surface area contributed by atoms with Crippen molar-refractivity contribution in [2.24, 2.45) is 10.1 Å². The maximum absolute atomic E-state index is 12.2. The summed E-state index contributed by atoms with van der Waals surface area (Å²) in [5.41, 5.74) is 1.89. The molecule has 1 aromatic carbocycles. The van der Waals surface area contributed by atoms with E-state index in [0.717, 1.165) is 18.0 Å². The number of thioether (sulfide) groups is 1. The molecule has 142 valence electrons. The van der Waals surface area contributed by atoms with Gasteiger partial charge in [-0.1, -0.05) is 11.6 Å². The summed E-state index contributed by atoms with van der Waals surface area (Å²) in [4.78, 5) is 16.1. The van der Waals surface area contributed by atoms with E-state index in [1.807, 2.05) is 0 Å². The van der Waals surface area contributed by atoms with E-state index < -0.39 is 16.0 Å². The number of ether oxygens (including phenoxy) is 1. The normalized spacial score (nSPS) is 18.0. The zero-order valence-electron chi connectivity index (χ0n) is 14.1. The van der Waals surface area contributed by atoms with E-state index in [1.54, 1.807) is 6.92 Å². The van der Waals surface area contributed by atoms with Gasteiger partial charge in [0.15, 0.2) is 16.8 Å². The second-order valence-corrected chi connectivity index (χ2v) is 8.10. The molecule has 0 saturated carbocycles. The lowest BCUT2D eigenvalue weighted by Crippen LogP contribution is -2.35. The SMILES string of the molecule is CCOc1cc(C=C2C(=N)N3N=CSC3=NC2=O)cc(Cl)c1OS(C)(=O)=O. The second-order valence-electron chi connectivity index (χ2n) is 5.31. The predicted molar refractivity (Wildman–Crippen MR) is 104 cm³/mol. The molecule has 2 aliphatic rings. The molecule has 1 amide bonds. The molecule has 1 N–H and O–H groups in total. The number of aliphatic imine (C=N–C) groups is 1. The van der Waals surface area contributed by atoms with Gasteiger partial charge in [0.05, 0.1) is 29.0 Å². The highest BCUT2D eigenvalue weighted by Gasteiger charge is 2.32. The largest absolute Gasteiger partial charge is 0.490 e. The van der Waals surface area contributed by atoms with Gasteiger partial charge in [-0.05, 0) is 42.5 Å². The Labute approximate surface area is 164 Å². The van der Waals surface area contributed by atoms with E-state index in [-0.39, 0.29) is 34.5 Å². The van der Waals surface area contributed by atoms with Crippen molar-refractivity contribution in [3.63, 3.8) is 0 Å². The molecule has 2 aliphatic heterocycles. The highest BCUT2D eigenvalue weighted by Crippen LogP contribution is 2.38. The van der Waals surface area contributed by atoms with Gasteiger partial charge in [0.25, 0.3) is 5.91 Å². The first-order valence-corrected chi connectivity index (χ1v) is 10.6. The van der Waals surface area contributed by atoms with Crippen molar-refractivity contribution < 1.29 is 22.1 Å². The molecule has 0 aliphatic carbocycles. The average molecular weight is 429 g/mol. The van der Waals surface area contributed by atoms with Crippen LogP contribution in [0.5, 0.6) is 11.5 Å². The van der Waals surface area contributed by atoms with Crippen LogP contribution in [0.3, 0.4) is 0 Å². The summed E-state index contributed by atoms with van der Waals surface area (Å²) in [6.45, 7) is 1.95. The van der Waals surface area contributed by atoms with Crippen LogP contribution in [0.1, 0.15) is 12.5 Å². The van der Waals surface area contributed by atoms with Crippen molar-refractivity contribution in [1.29, 1.82) is 5.41 Å². The van der Waals surface area contributed by atoms with Gasteiger partial charge in [-0.2, -0.15) is 23.5 Å². The van der Waals surface area contributed by atoms with E-state index in [2.05, 4.69) is 10.1 Å². The number of hydrogen-bond acceptors (Lipinski definition) is 8. The minimum atomic E-state index is -3.82. The summed E-state index contributed by atoms with van der Waals surface area (Å²) in [5.74, 6) is -0.767. The van der Waals surface area contributed by atoms with E-state index >= 15 is 0 Å². The Hall–Kier alpha value is -2.37. The lowest BCUT2D eigenvalue weighted by atomic mass is 10.1. The molecular formula is C15H13ClN4O5S2. The molecule has 3 rings (SSSR count). The minimum Gasteiger partial charge on any atom is -0.490 e. The Balaban J connectivity index is 2.05. The van der Waals surface area contributed by atoms with Crippen LogP contribution < -0.4 is 8.92 Å². The van der Waals surface area contributed by atoms with Crippen LogP contribution in [-0.2, 0) is 14.9 Å². The third kappa shape index (κ3) is 4.15. The zero-order valence-corrected chi connectivity index (χ0v) is 16.5. The van der Waals surface area contributed by atoms with E-state index in [0.29, 0.717) is 10.7 Å². The van der Waals surface area contributed by atoms with Gasteiger partial charge in [0.2, 0.25) is 5.75 Å². The molecule has 12 heteroatoms. The van der Waals surface area contributed by atoms with Gasteiger partial charge in [0.1, 0.15) is 0 Å². The Bertz CT molecular complexity index is 1030. The maximum atomic E-state index is 12.2. The van der Waals surface area contributed by atoms with E-state index in [9.17, 15) is 13.2 Å². The van der Waals surface area contributed by atoms with Gasteiger partial charge >= 0.3 is 10.1 Å². The first-order chi connectivity index (χ1) is 12.7. The highest BCUT2D eigenvalue weighted by atomic mass is 35.5. The zero-order chi connectivity index (χ0) is 19.8. The van der Waals surface area contributed by atoms with Crippen LogP contribution in [0.25, 0.3) is 6.08 Å². The Morgan fingerprint density at radius 3 is 2.81 bits per heavy atom. The van der Waals surface area contributed by atoms with Crippen molar-refractivity contribution in [3.05, 3.63) is 28.3 Å². The number of hydrogen-bond donors (Lipinski definition) is 1. The topological polar surface area (TPSA) is 121 Å². The fraction of sp³-hybridized carbons (Fsp3) is 0.200. The molecule has 27 heavy (non-hydrogen) atoms. The van der Waals surface area contributed by atoms with Crippen LogP contribution in [-0.4, -0.2) is 48.7 Å². The van der Waals surface area contributed by atoms with Crippen molar-refractivity contribution in [2.45, 2.75) is 6.92 Å². The maximum Gasteiger partial charge on any atom is 0.306 e. The molecule has 2 heterocycles. The van der Waals surface area contributed by atoms with Crippen molar-refractivity contribution in [2.75, 3.05) is 12.9 Å². The summed E-state index contributed by atoms with van der Waals surface area (Å²) in [7, 11) is -3.82. The van der Waals surface area contributed by atoms with Crippen molar-refractivity contribution in [1.82, 2.24) is 5.01 Å². The van der Waals surface area contributed by atoms with Gasteiger partial charge in [0, 0.05) is 0 Å². The third-order valence-corrected chi connectivity index (χ3v) is 4.70. The lowest BCUT2D eigenvalue weighted by Gasteiger charge is -2.20. The Morgan fingerprint density at radius 2 is 2.15 bits per heavy atom. The summed E-state index contributed by atoms with van der Waals surface area (Å²) >= 11 is 7.30. The van der Waals surface area contributed by atoms with Crippen LogP contribution in [0, 0.1) is 5.41 Å². The number of hydrazone groups is 1. The Morgan fingerprint density at radius 1 is 1.41 bits per heavy atom. The molecule has 1 aromatic rings. The fourth-order valence-electron chi connectivity index (χ4n) is 2.27. The number of halogens is 1. The quantitative estimate of drug-likeness (QED) is 0.564. The summed E-state index contributed by atoms with van der Waals surface area (Å²) in [5, 5.41) is 13.7. The number of fused-ring (bicyclic) bond motifs is 1. The van der Waals surface area contributed by atoms with Crippen molar-refractivity contribution in [3.8, 4) is 11.5 Å². The summed E-state index contributed by atoms with van der Waals surface area (Å²) in [6.07, 6.45) is 2.29. The highest BCUT2D eigenvalue weighted by molar-refractivity contribution is 8.25. The number of amides is 1. The molecular weight excluding hydrogens is 416 g/mol. The first-order valence-electron chi connectivity index (χ1n) is 7.48. The number of amidine groups is 2. The molecule has 0 spiro atoms. The lowest BCUT2D eigenvalue weighted by molar-refractivity contribution is -0.114. The number of benzene rings is 1. The van der Waals surface area contributed by atoms with Gasteiger partial charge < -0.3 is 8.92 Å². The molecule has 0 unspecified atom stereocenters.